The summed E-state index contributed by atoms with van der Waals surface area (Å²) in [7, 11) is 1.32. The number of benzene rings is 1. The molecule has 0 aliphatic carbocycles. The highest BCUT2D eigenvalue weighted by Crippen LogP contribution is 2.25. The summed E-state index contributed by atoms with van der Waals surface area (Å²) in [5.41, 5.74) is 0.708. The van der Waals surface area contributed by atoms with Gasteiger partial charge in [0.1, 0.15) is 0 Å². The monoisotopic (exact) mass is 220 g/mol. The Morgan fingerprint density at radius 1 is 1.50 bits per heavy atom. The minimum atomic E-state index is -0.855. The predicted octanol–water partition coefficient (Wildman–Crippen LogP) is 2.09. The third kappa shape index (κ3) is 2.94. The molecule has 0 amide bonds. The third-order valence-electron chi connectivity index (χ3n) is 2.45. The van der Waals surface area contributed by atoms with Gasteiger partial charge >= 0.3 is 5.97 Å². The molecular formula is C13H16O3. The fraction of sp³-hybridized carbons (Fsp3) is 0.308. The first-order valence-corrected chi connectivity index (χ1v) is 5.12. The molecule has 0 fully saturated rings. The Kier molecular flexibility index (Phi) is 4.73. The number of rotatable bonds is 5. The van der Waals surface area contributed by atoms with Crippen molar-refractivity contribution in [3.63, 3.8) is 0 Å². The van der Waals surface area contributed by atoms with Crippen LogP contribution < -0.4 is 0 Å². The van der Waals surface area contributed by atoms with Crippen LogP contribution in [-0.2, 0) is 9.53 Å². The Morgan fingerprint density at radius 2 is 2.12 bits per heavy atom. The number of aliphatic hydroxyl groups is 1. The van der Waals surface area contributed by atoms with Crippen molar-refractivity contribution < 1.29 is 14.6 Å². The number of ether oxygens (including phenoxy) is 1. The molecule has 0 unspecified atom stereocenters. The van der Waals surface area contributed by atoms with E-state index in [0.29, 0.717) is 12.0 Å². The van der Waals surface area contributed by atoms with E-state index in [1.807, 2.05) is 18.2 Å². The summed E-state index contributed by atoms with van der Waals surface area (Å²) in [6, 6.07) is 9.06. The standard InChI is InChI=1S/C13H16O3/c1-3-7-11(13(15)16-2)12(14)10-8-5-4-6-9-10/h3-6,8-9,11-12,14H,1,7H2,2H3/t11-,12-/m0/s1. The second kappa shape index (κ2) is 6.08. The smallest absolute Gasteiger partial charge is 0.311 e. The molecule has 0 bridgehead atoms. The molecule has 1 aromatic rings. The summed E-state index contributed by atoms with van der Waals surface area (Å²) in [6.07, 6.45) is 1.14. The van der Waals surface area contributed by atoms with Crippen molar-refractivity contribution >= 4 is 5.97 Å². The van der Waals surface area contributed by atoms with Crippen LogP contribution in [0.5, 0.6) is 0 Å². The molecule has 0 aliphatic heterocycles. The van der Waals surface area contributed by atoms with E-state index in [9.17, 15) is 9.90 Å². The van der Waals surface area contributed by atoms with Crippen molar-refractivity contribution in [2.24, 2.45) is 5.92 Å². The summed E-state index contributed by atoms with van der Waals surface area (Å²) in [6.45, 7) is 3.57. The summed E-state index contributed by atoms with van der Waals surface area (Å²) >= 11 is 0. The normalized spacial score (nSPS) is 13.9. The van der Waals surface area contributed by atoms with Crippen molar-refractivity contribution in [2.45, 2.75) is 12.5 Å². The summed E-state index contributed by atoms with van der Waals surface area (Å²) in [4.78, 5) is 11.5. The molecule has 3 heteroatoms. The molecule has 2 atom stereocenters. The van der Waals surface area contributed by atoms with Crippen molar-refractivity contribution in [3.8, 4) is 0 Å². The quantitative estimate of drug-likeness (QED) is 0.610. The van der Waals surface area contributed by atoms with Gasteiger partial charge in [-0.15, -0.1) is 6.58 Å². The van der Waals surface area contributed by atoms with Gasteiger partial charge in [0, 0.05) is 0 Å². The number of hydrogen-bond acceptors (Lipinski definition) is 3. The van der Waals surface area contributed by atoms with Gasteiger partial charge in [0.05, 0.1) is 19.1 Å². The summed E-state index contributed by atoms with van der Waals surface area (Å²) in [5.74, 6) is -1.01. The van der Waals surface area contributed by atoms with Gasteiger partial charge in [-0.2, -0.15) is 0 Å². The topological polar surface area (TPSA) is 46.5 Å². The van der Waals surface area contributed by atoms with E-state index >= 15 is 0 Å². The lowest BCUT2D eigenvalue weighted by molar-refractivity contribution is -0.149. The minimum Gasteiger partial charge on any atom is -0.469 e. The maximum atomic E-state index is 11.5. The summed E-state index contributed by atoms with van der Waals surface area (Å²) in [5, 5.41) is 10.1. The molecule has 0 spiro atoms. The predicted molar refractivity (Wildman–Crippen MR) is 61.7 cm³/mol. The highest BCUT2D eigenvalue weighted by Gasteiger charge is 2.27. The Hall–Kier alpha value is -1.61. The van der Waals surface area contributed by atoms with Crippen LogP contribution in [0.1, 0.15) is 18.1 Å². The first-order valence-electron chi connectivity index (χ1n) is 5.12. The Balaban J connectivity index is 2.86. The zero-order chi connectivity index (χ0) is 12.0. The second-order valence-electron chi connectivity index (χ2n) is 3.51. The number of aliphatic hydroxyl groups excluding tert-OH is 1. The maximum Gasteiger partial charge on any atom is 0.311 e. The zero-order valence-electron chi connectivity index (χ0n) is 9.30. The summed E-state index contributed by atoms with van der Waals surface area (Å²) < 4.78 is 4.66. The molecule has 0 heterocycles. The van der Waals surface area contributed by atoms with E-state index in [-0.39, 0.29) is 0 Å². The van der Waals surface area contributed by atoms with Gasteiger partial charge < -0.3 is 9.84 Å². The largest absolute Gasteiger partial charge is 0.469 e. The highest BCUT2D eigenvalue weighted by atomic mass is 16.5. The van der Waals surface area contributed by atoms with Crippen LogP contribution in [0.3, 0.4) is 0 Å². The third-order valence-corrected chi connectivity index (χ3v) is 2.45. The van der Waals surface area contributed by atoms with E-state index in [1.54, 1.807) is 18.2 Å². The fourth-order valence-electron chi connectivity index (χ4n) is 1.57. The molecule has 1 N–H and O–H groups in total. The van der Waals surface area contributed by atoms with Crippen molar-refractivity contribution in [1.29, 1.82) is 0 Å². The molecule has 0 aromatic heterocycles. The highest BCUT2D eigenvalue weighted by molar-refractivity contribution is 5.73. The van der Waals surface area contributed by atoms with Crippen LogP contribution >= 0.6 is 0 Å². The van der Waals surface area contributed by atoms with Crippen LogP contribution in [0.2, 0.25) is 0 Å². The second-order valence-corrected chi connectivity index (χ2v) is 3.51. The Morgan fingerprint density at radius 3 is 2.62 bits per heavy atom. The lowest BCUT2D eigenvalue weighted by atomic mass is 9.93. The van der Waals surface area contributed by atoms with E-state index < -0.39 is 18.0 Å². The van der Waals surface area contributed by atoms with Crippen molar-refractivity contribution in [3.05, 3.63) is 48.6 Å². The molecule has 86 valence electrons. The molecule has 1 aromatic carbocycles. The number of methoxy groups -OCH3 is 1. The van der Waals surface area contributed by atoms with Gasteiger partial charge in [0.25, 0.3) is 0 Å². The molecule has 0 aliphatic rings. The van der Waals surface area contributed by atoms with E-state index in [1.165, 1.54) is 7.11 Å². The van der Waals surface area contributed by atoms with Gasteiger partial charge in [-0.05, 0) is 12.0 Å². The van der Waals surface area contributed by atoms with Crippen LogP contribution in [0.15, 0.2) is 43.0 Å². The van der Waals surface area contributed by atoms with Crippen LogP contribution in [-0.4, -0.2) is 18.2 Å². The molecule has 0 radical (unpaired) electrons. The molecule has 1 rings (SSSR count). The number of carbonyl (C=O) groups is 1. The number of carbonyl (C=O) groups excluding carboxylic acids is 1. The average molecular weight is 220 g/mol. The fourth-order valence-corrected chi connectivity index (χ4v) is 1.57. The van der Waals surface area contributed by atoms with E-state index in [0.717, 1.165) is 0 Å². The average Bonchev–Trinajstić information content (AvgIpc) is 2.35. The van der Waals surface area contributed by atoms with Crippen molar-refractivity contribution in [1.82, 2.24) is 0 Å². The van der Waals surface area contributed by atoms with Crippen LogP contribution in [0, 0.1) is 5.92 Å². The molecular weight excluding hydrogens is 204 g/mol. The van der Waals surface area contributed by atoms with Gasteiger partial charge in [-0.25, -0.2) is 0 Å². The van der Waals surface area contributed by atoms with E-state index in [4.69, 9.17) is 0 Å². The lowest BCUT2D eigenvalue weighted by Crippen LogP contribution is -2.23. The molecule has 0 saturated carbocycles. The van der Waals surface area contributed by atoms with Gasteiger partial charge in [-0.1, -0.05) is 36.4 Å². The Bertz CT molecular complexity index is 345. The van der Waals surface area contributed by atoms with Crippen LogP contribution in [0.25, 0.3) is 0 Å². The molecule has 0 saturated heterocycles. The maximum absolute atomic E-state index is 11.5. The zero-order valence-corrected chi connectivity index (χ0v) is 9.30. The van der Waals surface area contributed by atoms with Gasteiger partial charge in [0.15, 0.2) is 0 Å². The number of hydrogen-bond donors (Lipinski definition) is 1. The Labute approximate surface area is 95.4 Å². The lowest BCUT2D eigenvalue weighted by Gasteiger charge is -2.19. The number of allylic oxidation sites excluding steroid dienone is 1. The molecule has 16 heavy (non-hydrogen) atoms. The van der Waals surface area contributed by atoms with E-state index in [2.05, 4.69) is 11.3 Å². The van der Waals surface area contributed by atoms with Gasteiger partial charge in [-0.3, -0.25) is 4.79 Å². The SMILES string of the molecule is C=CC[C@H](C(=O)OC)[C@@H](O)c1ccccc1. The minimum absolute atomic E-state index is 0.392. The first-order chi connectivity index (χ1) is 7.70. The van der Waals surface area contributed by atoms with Gasteiger partial charge in [0.2, 0.25) is 0 Å². The molecule has 3 nitrogen and oxygen atoms in total. The van der Waals surface area contributed by atoms with Crippen molar-refractivity contribution in [2.75, 3.05) is 7.11 Å². The number of esters is 1. The van der Waals surface area contributed by atoms with Crippen LogP contribution in [0.4, 0.5) is 0 Å². The first kappa shape index (κ1) is 12.5.